The van der Waals surface area contributed by atoms with Crippen LogP contribution in [0.1, 0.15) is 45.4 Å². The maximum atomic E-state index is 10.8. The number of carbonyl (C=O) groups is 1. The number of thiocarbonyl (C=S) groups is 1. The van der Waals surface area contributed by atoms with Gasteiger partial charge >= 0.3 is 0 Å². The van der Waals surface area contributed by atoms with Crippen LogP contribution in [-0.2, 0) is 4.79 Å². The van der Waals surface area contributed by atoms with Crippen LogP contribution in [0.15, 0.2) is 4.99 Å². The van der Waals surface area contributed by atoms with E-state index in [-0.39, 0.29) is 5.91 Å². The van der Waals surface area contributed by atoms with Gasteiger partial charge in [-0.15, -0.1) is 0 Å². The molecule has 0 unspecified atom stereocenters. The molecule has 0 atom stereocenters. The van der Waals surface area contributed by atoms with E-state index < -0.39 is 0 Å². The molecule has 0 aromatic rings. The van der Waals surface area contributed by atoms with Gasteiger partial charge in [0, 0.05) is 6.42 Å². The zero-order valence-corrected chi connectivity index (χ0v) is 8.32. The van der Waals surface area contributed by atoms with Gasteiger partial charge in [-0.05, 0) is 18.6 Å². The van der Waals surface area contributed by atoms with Crippen LogP contribution < -0.4 is 0 Å². The third kappa shape index (κ3) is 7.58. The third-order valence-corrected chi connectivity index (χ3v) is 1.76. The lowest BCUT2D eigenvalue weighted by atomic mass is 10.1. The second kappa shape index (κ2) is 8.57. The summed E-state index contributed by atoms with van der Waals surface area (Å²) in [5.41, 5.74) is 0. The van der Waals surface area contributed by atoms with Crippen molar-refractivity contribution in [2.45, 2.75) is 45.4 Å². The molecule has 0 radical (unpaired) electrons. The van der Waals surface area contributed by atoms with E-state index >= 15 is 0 Å². The Hall–Kier alpha value is -0.530. The monoisotopic (exact) mass is 185 g/mol. The molecule has 0 saturated heterocycles. The van der Waals surface area contributed by atoms with Gasteiger partial charge in [0.2, 0.25) is 0 Å². The normalized spacial score (nSPS) is 9.08. The lowest BCUT2D eigenvalue weighted by Gasteiger charge is -1.95. The van der Waals surface area contributed by atoms with E-state index in [1.165, 1.54) is 19.3 Å². The first kappa shape index (κ1) is 11.5. The molecule has 0 spiro atoms. The quantitative estimate of drug-likeness (QED) is 0.361. The molecule has 0 heterocycles. The van der Waals surface area contributed by atoms with Gasteiger partial charge in [0.25, 0.3) is 5.91 Å². The molecule has 1 amide bonds. The maximum Gasteiger partial charge on any atom is 0.254 e. The van der Waals surface area contributed by atoms with E-state index in [9.17, 15) is 4.79 Å². The van der Waals surface area contributed by atoms with E-state index in [1.54, 1.807) is 0 Å². The van der Waals surface area contributed by atoms with E-state index in [2.05, 4.69) is 29.3 Å². The SMILES string of the molecule is CCCCCCCC(=O)N=C=S. The Balaban J connectivity index is 3.19. The molecule has 0 aromatic heterocycles. The van der Waals surface area contributed by atoms with E-state index in [0.717, 1.165) is 12.8 Å². The maximum absolute atomic E-state index is 10.8. The second-order valence-corrected chi connectivity index (χ2v) is 2.94. The second-order valence-electron chi connectivity index (χ2n) is 2.76. The number of hydrogen-bond acceptors (Lipinski definition) is 2. The van der Waals surface area contributed by atoms with Gasteiger partial charge in [-0.2, -0.15) is 4.99 Å². The largest absolute Gasteiger partial charge is 0.272 e. The van der Waals surface area contributed by atoms with Gasteiger partial charge < -0.3 is 0 Å². The Bertz CT molecular complexity index is 173. The standard InChI is InChI=1S/C9H15NOS/c1-2-3-4-5-6-7-9(11)10-8-12/h2-7H2,1H3. The van der Waals surface area contributed by atoms with Crippen LogP contribution in [-0.4, -0.2) is 11.1 Å². The minimum absolute atomic E-state index is 0.138. The molecule has 3 heteroatoms. The van der Waals surface area contributed by atoms with Crippen LogP contribution in [0.2, 0.25) is 0 Å². The van der Waals surface area contributed by atoms with Crippen molar-refractivity contribution in [3.8, 4) is 0 Å². The summed E-state index contributed by atoms with van der Waals surface area (Å²) < 4.78 is 0. The van der Waals surface area contributed by atoms with Gasteiger partial charge in [-0.3, -0.25) is 4.79 Å². The van der Waals surface area contributed by atoms with Crippen LogP contribution in [0.25, 0.3) is 0 Å². The summed E-state index contributed by atoms with van der Waals surface area (Å²) in [6, 6.07) is 0. The number of aliphatic imine (C=N–C) groups is 1. The van der Waals surface area contributed by atoms with Gasteiger partial charge in [-0.25, -0.2) is 0 Å². The number of rotatable bonds is 6. The number of carbonyl (C=O) groups excluding carboxylic acids is 1. The van der Waals surface area contributed by atoms with Crippen molar-refractivity contribution in [1.82, 2.24) is 0 Å². The first-order valence-electron chi connectivity index (χ1n) is 4.42. The molecule has 0 aliphatic heterocycles. The lowest BCUT2D eigenvalue weighted by Crippen LogP contribution is -1.91. The Morgan fingerprint density at radius 2 is 2.00 bits per heavy atom. The van der Waals surface area contributed by atoms with Crippen molar-refractivity contribution < 1.29 is 4.79 Å². The predicted octanol–water partition coefficient (Wildman–Crippen LogP) is 2.98. The Morgan fingerprint density at radius 1 is 1.33 bits per heavy atom. The molecule has 2 nitrogen and oxygen atoms in total. The van der Waals surface area contributed by atoms with Crippen LogP contribution in [0.3, 0.4) is 0 Å². The van der Waals surface area contributed by atoms with Crippen molar-refractivity contribution in [3.05, 3.63) is 0 Å². The molecule has 0 aromatic carbocycles. The summed E-state index contributed by atoms with van der Waals surface area (Å²) >= 11 is 4.31. The van der Waals surface area contributed by atoms with Crippen molar-refractivity contribution in [2.24, 2.45) is 4.99 Å². The van der Waals surface area contributed by atoms with Gasteiger partial charge in [0.15, 0.2) is 0 Å². The van der Waals surface area contributed by atoms with Crippen LogP contribution >= 0.6 is 12.2 Å². The highest BCUT2D eigenvalue weighted by Gasteiger charge is 1.96. The number of isothiocyanates is 1. The highest BCUT2D eigenvalue weighted by molar-refractivity contribution is 7.78. The van der Waals surface area contributed by atoms with Gasteiger partial charge in [-0.1, -0.05) is 32.6 Å². The molecule has 0 rings (SSSR count). The first-order valence-corrected chi connectivity index (χ1v) is 4.82. The van der Waals surface area contributed by atoms with Crippen molar-refractivity contribution >= 4 is 23.3 Å². The minimum atomic E-state index is -0.138. The molecule has 68 valence electrons. The van der Waals surface area contributed by atoms with Crippen LogP contribution in [0.4, 0.5) is 0 Å². The van der Waals surface area contributed by atoms with Crippen molar-refractivity contribution in [3.63, 3.8) is 0 Å². The minimum Gasteiger partial charge on any atom is -0.272 e. The van der Waals surface area contributed by atoms with E-state index in [4.69, 9.17) is 0 Å². The lowest BCUT2D eigenvalue weighted by molar-refractivity contribution is -0.117. The fraction of sp³-hybridized carbons (Fsp3) is 0.778. The van der Waals surface area contributed by atoms with Crippen LogP contribution in [0.5, 0.6) is 0 Å². The Kier molecular flexibility index (Phi) is 8.19. The average Bonchev–Trinajstić information content (AvgIpc) is 2.05. The number of amides is 1. The summed E-state index contributed by atoms with van der Waals surface area (Å²) in [4.78, 5) is 14.1. The van der Waals surface area contributed by atoms with Gasteiger partial charge in [0.05, 0.1) is 5.16 Å². The molecule has 12 heavy (non-hydrogen) atoms. The van der Waals surface area contributed by atoms with Crippen molar-refractivity contribution in [2.75, 3.05) is 0 Å². The molecule has 0 bridgehead atoms. The van der Waals surface area contributed by atoms with Crippen LogP contribution in [0, 0.1) is 0 Å². The zero-order valence-electron chi connectivity index (χ0n) is 7.51. The fourth-order valence-electron chi connectivity index (χ4n) is 0.987. The molecule has 0 fully saturated rings. The average molecular weight is 185 g/mol. The smallest absolute Gasteiger partial charge is 0.254 e. The zero-order chi connectivity index (χ0) is 9.23. The summed E-state index contributed by atoms with van der Waals surface area (Å²) in [5, 5.41) is 2.08. The predicted molar refractivity (Wildman–Crippen MR) is 53.4 cm³/mol. The van der Waals surface area contributed by atoms with E-state index in [0.29, 0.717) is 6.42 Å². The molecule has 0 saturated carbocycles. The fourth-order valence-corrected chi connectivity index (χ4v) is 1.09. The number of nitrogens with zero attached hydrogens (tertiary/aromatic N) is 1. The Labute approximate surface area is 79.1 Å². The van der Waals surface area contributed by atoms with Gasteiger partial charge in [0.1, 0.15) is 0 Å². The number of unbranched alkanes of at least 4 members (excludes halogenated alkanes) is 4. The molecular formula is C9H15NOS. The summed E-state index contributed by atoms with van der Waals surface area (Å²) in [6.07, 6.45) is 6.26. The topological polar surface area (TPSA) is 29.4 Å². The van der Waals surface area contributed by atoms with E-state index in [1.807, 2.05) is 0 Å². The highest BCUT2D eigenvalue weighted by Crippen LogP contribution is 2.05. The Morgan fingerprint density at radius 3 is 2.58 bits per heavy atom. The summed E-state index contributed by atoms with van der Waals surface area (Å²) in [7, 11) is 0. The molecule has 0 aliphatic rings. The molecule has 0 aliphatic carbocycles. The third-order valence-electron chi connectivity index (χ3n) is 1.66. The molecular weight excluding hydrogens is 170 g/mol. The first-order chi connectivity index (χ1) is 5.81. The molecule has 0 N–H and O–H groups in total. The summed E-state index contributed by atoms with van der Waals surface area (Å²) in [5.74, 6) is -0.138. The summed E-state index contributed by atoms with van der Waals surface area (Å²) in [6.45, 7) is 2.17. The van der Waals surface area contributed by atoms with Crippen molar-refractivity contribution in [1.29, 1.82) is 0 Å². The highest BCUT2D eigenvalue weighted by atomic mass is 32.1. The number of hydrogen-bond donors (Lipinski definition) is 0.